The van der Waals surface area contributed by atoms with E-state index in [1.807, 2.05) is 12.2 Å². The number of hydrogen-bond donors (Lipinski definition) is 0. The smallest absolute Gasteiger partial charge is 0.321 e. The SMILES string of the molecule is CCCCCCCCCC/C=C/C1CC(=O)OC1=O. The lowest BCUT2D eigenvalue weighted by atomic mass is 10.0. The van der Waals surface area contributed by atoms with Gasteiger partial charge in [0.2, 0.25) is 0 Å². The summed E-state index contributed by atoms with van der Waals surface area (Å²) in [4.78, 5) is 22.1. The molecule has 0 aromatic carbocycles. The molecule has 0 radical (unpaired) electrons. The Balaban J connectivity index is 1.93. The van der Waals surface area contributed by atoms with E-state index in [0.29, 0.717) is 0 Å². The van der Waals surface area contributed by atoms with Crippen molar-refractivity contribution in [2.75, 3.05) is 0 Å². The lowest BCUT2D eigenvalue weighted by Crippen LogP contribution is -2.03. The fourth-order valence-electron chi connectivity index (χ4n) is 2.30. The second-order valence-electron chi connectivity index (χ2n) is 5.30. The molecule has 0 aliphatic carbocycles. The summed E-state index contributed by atoms with van der Waals surface area (Å²) in [5.74, 6) is -1.12. The van der Waals surface area contributed by atoms with Crippen molar-refractivity contribution in [3.8, 4) is 0 Å². The van der Waals surface area contributed by atoms with E-state index in [2.05, 4.69) is 11.7 Å². The van der Waals surface area contributed by atoms with E-state index in [0.717, 1.165) is 6.42 Å². The van der Waals surface area contributed by atoms with Gasteiger partial charge in [-0.1, -0.05) is 64.0 Å². The molecule has 1 heterocycles. The monoisotopic (exact) mass is 266 g/mol. The van der Waals surface area contributed by atoms with Crippen molar-refractivity contribution in [1.29, 1.82) is 0 Å². The minimum absolute atomic E-state index is 0.215. The number of rotatable bonds is 10. The first-order valence-electron chi connectivity index (χ1n) is 7.65. The largest absolute Gasteiger partial charge is 0.393 e. The lowest BCUT2D eigenvalue weighted by molar-refractivity contribution is -0.152. The minimum atomic E-state index is -0.397. The van der Waals surface area contributed by atoms with Gasteiger partial charge in [-0.3, -0.25) is 9.59 Å². The molecule has 1 aliphatic heterocycles. The Morgan fingerprint density at radius 1 is 1.05 bits per heavy atom. The maximum Gasteiger partial charge on any atom is 0.321 e. The summed E-state index contributed by atoms with van der Waals surface area (Å²) < 4.78 is 4.49. The van der Waals surface area contributed by atoms with Gasteiger partial charge in [0, 0.05) is 0 Å². The number of unbranched alkanes of at least 4 members (excludes halogenated alkanes) is 8. The van der Waals surface area contributed by atoms with Crippen LogP contribution < -0.4 is 0 Å². The van der Waals surface area contributed by atoms with Crippen LogP contribution in [-0.4, -0.2) is 11.9 Å². The van der Waals surface area contributed by atoms with E-state index in [1.54, 1.807) is 0 Å². The van der Waals surface area contributed by atoms with Gasteiger partial charge >= 0.3 is 11.9 Å². The first kappa shape index (κ1) is 15.9. The predicted octanol–water partition coefficient (Wildman–Crippen LogP) is 4.16. The first-order valence-corrected chi connectivity index (χ1v) is 7.65. The third-order valence-corrected chi connectivity index (χ3v) is 3.50. The number of carbonyl (C=O) groups is 2. The van der Waals surface area contributed by atoms with E-state index in [9.17, 15) is 9.59 Å². The molecular formula is C16H26O3. The molecule has 3 nitrogen and oxygen atoms in total. The highest BCUT2D eigenvalue weighted by Crippen LogP contribution is 2.17. The molecule has 1 fully saturated rings. The standard InChI is InChI=1S/C16H26O3/c1-2-3-4-5-6-7-8-9-10-11-12-14-13-15(17)19-16(14)18/h11-12,14H,2-10,13H2,1H3/b12-11+. The van der Waals surface area contributed by atoms with Crippen molar-refractivity contribution in [2.45, 2.75) is 71.1 Å². The Kier molecular flexibility index (Phi) is 8.19. The number of carbonyl (C=O) groups excluding carboxylic acids is 2. The molecule has 0 aromatic rings. The van der Waals surface area contributed by atoms with Gasteiger partial charge in [-0.15, -0.1) is 0 Å². The molecule has 19 heavy (non-hydrogen) atoms. The predicted molar refractivity (Wildman–Crippen MR) is 75.6 cm³/mol. The first-order chi connectivity index (χ1) is 9.24. The average Bonchev–Trinajstić information content (AvgIpc) is 2.70. The highest BCUT2D eigenvalue weighted by molar-refractivity contribution is 5.95. The molecule has 0 aromatic heterocycles. The quantitative estimate of drug-likeness (QED) is 0.258. The van der Waals surface area contributed by atoms with Crippen molar-refractivity contribution in [2.24, 2.45) is 5.92 Å². The van der Waals surface area contributed by atoms with Gasteiger partial charge in [-0.2, -0.15) is 0 Å². The van der Waals surface area contributed by atoms with Gasteiger partial charge in [-0.05, 0) is 12.8 Å². The number of ether oxygens (including phenoxy) is 1. The summed E-state index contributed by atoms with van der Waals surface area (Å²) in [6, 6.07) is 0. The Labute approximate surface area is 116 Å². The van der Waals surface area contributed by atoms with Crippen LogP contribution in [0.15, 0.2) is 12.2 Å². The van der Waals surface area contributed by atoms with Gasteiger partial charge in [-0.25, -0.2) is 0 Å². The Bertz CT molecular complexity index is 307. The average molecular weight is 266 g/mol. The summed E-state index contributed by atoms with van der Waals surface area (Å²) in [6.45, 7) is 2.24. The molecule has 0 N–H and O–H groups in total. The van der Waals surface area contributed by atoms with Gasteiger partial charge in [0.25, 0.3) is 0 Å². The van der Waals surface area contributed by atoms with Crippen LogP contribution in [0.2, 0.25) is 0 Å². The molecule has 1 saturated heterocycles. The maximum atomic E-state index is 11.2. The molecule has 1 unspecified atom stereocenters. The fourth-order valence-corrected chi connectivity index (χ4v) is 2.30. The normalized spacial score (nSPS) is 19.3. The van der Waals surface area contributed by atoms with Crippen LogP contribution >= 0.6 is 0 Å². The summed E-state index contributed by atoms with van der Waals surface area (Å²) in [5, 5.41) is 0. The molecule has 0 amide bonds. The summed E-state index contributed by atoms with van der Waals surface area (Å²) in [6.07, 6.45) is 15.5. The number of hydrogen-bond acceptors (Lipinski definition) is 3. The number of allylic oxidation sites excluding steroid dienone is 1. The second kappa shape index (κ2) is 9.76. The zero-order valence-electron chi connectivity index (χ0n) is 12.0. The van der Waals surface area contributed by atoms with Crippen molar-refractivity contribution in [3.63, 3.8) is 0 Å². The van der Waals surface area contributed by atoms with Crippen molar-refractivity contribution >= 4 is 11.9 Å². The van der Waals surface area contributed by atoms with Gasteiger partial charge in [0.15, 0.2) is 0 Å². The fraction of sp³-hybridized carbons (Fsp3) is 0.750. The van der Waals surface area contributed by atoms with Crippen LogP contribution in [0.5, 0.6) is 0 Å². The van der Waals surface area contributed by atoms with Crippen molar-refractivity contribution in [1.82, 2.24) is 0 Å². The highest BCUT2D eigenvalue weighted by Gasteiger charge is 2.30. The van der Waals surface area contributed by atoms with E-state index in [-0.39, 0.29) is 12.3 Å². The lowest BCUT2D eigenvalue weighted by Gasteiger charge is -2.00. The topological polar surface area (TPSA) is 43.4 Å². The second-order valence-corrected chi connectivity index (χ2v) is 5.30. The molecule has 3 heteroatoms. The number of esters is 2. The van der Waals surface area contributed by atoms with Crippen molar-refractivity contribution < 1.29 is 14.3 Å². The Morgan fingerprint density at radius 3 is 2.26 bits per heavy atom. The van der Waals surface area contributed by atoms with Crippen LogP contribution in [0.3, 0.4) is 0 Å². The van der Waals surface area contributed by atoms with Gasteiger partial charge < -0.3 is 4.74 Å². The van der Waals surface area contributed by atoms with E-state index >= 15 is 0 Å². The third kappa shape index (κ3) is 7.14. The third-order valence-electron chi connectivity index (χ3n) is 3.50. The molecular weight excluding hydrogens is 240 g/mol. The van der Waals surface area contributed by atoms with Crippen LogP contribution in [0, 0.1) is 5.92 Å². The zero-order valence-corrected chi connectivity index (χ0v) is 12.0. The van der Waals surface area contributed by atoms with Crippen LogP contribution in [0.4, 0.5) is 0 Å². The van der Waals surface area contributed by atoms with E-state index < -0.39 is 11.9 Å². The molecule has 1 rings (SSSR count). The van der Waals surface area contributed by atoms with E-state index in [4.69, 9.17) is 0 Å². The molecule has 1 aliphatic rings. The molecule has 0 bridgehead atoms. The van der Waals surface area contributed by atoms with Crippen LogP contribution in [-0.2, 0) is 14.3 Å². The minimum Gasteiger partial charge on any atom is -0.393 e. The van der Waals surface area contributed by atoms with Gasteiger partial charge in [0.1, 0.15) is 0 Å². The molecule has 1 atom stereocenters. The number of cyclic esters (lactones) is 2. The van der Waals surface area contributed by atoms with E-state index in [1.165, 1.54) is 51.4 Å². The van der Waals surface area contributed by atoms with Gasteiger partial charge in [0.05, 0.1) is 12.3 Å². The highest BCUT2D eigenvalue weighted by atomic mass is 16.6. The Morgan fingerprint density at radius 2 is 1.68 bits per heavy atom. The summed E-state index contributed by atoms with van der Waals surface area (Å²) >= 11 is 0. The summed E-state index contributed by atoms with van der Waals surface area (Å²) in [7, 11) is 0. The summed E-state index contributed by atoms with van der Waals surface area (Å²) in [5.41, 5.74) is 0. The van der Waals surface area contributed by atoms with Crippen molar-refractivity contribution in [3.05, 3.63) is 12.2 Å². The molecule has 108 valence electrons. The zero-order chi connectivity index (χ0) is 13.9. The maximum absolute atomic E-state index is 11.2. The molecule has 0 spiro atoms. The Hall–Kier alpha value is -1.12. The molecule has 0 saturated carbocycles. The van der Waals surface area contributed by atoms with Crippen LogP contribution in [0.25, 0.3) is 0 Å². The van der Waals surface area contributed by atoms with Crippen LogP contribution in [0.1, 0.15) is 71.1 Å².